The summed E-state index contributed by atoms with van der Waals surface area (Å²) >= 11 is 3.06. The van der Waals surface area contributed by atoms with Crippen LogP contribution in [0.1, 0.15) is 0 Å². The van der Waals surface area contributed by atoms with Crippen LogP contribution in [-0.2, 0) is 0 Å². The molecule has 0 aliphatic carbocycles. The summed E-state index contributed by atoms with van der Waals surface area (Å²) in [6.07, 6.45) is 0. The Morgan fingerprint density at radius 3 is 2.55 bits per heavy atom. The van der Waals surface area contributed by atoms with Crippen molar-refractivity contribution in [1.29, 1.82) is 0 Å². The maximum Gasteiger partial charge on any atom is 0.335 e. The Bertz CT molecular complexity index is 695. The molecule has 0 saturated heterocycles. The van der Waals surface area contributed by atoms with Crippen LogP contribution in [0.15, 0.2) is 34.8 Å². The standard InChI is InChI=1S/C12H7BrF2N2O3/c13-7-2-3-9(16)11(17(18)19)12(7)20-10-4-1-6(14)5-8(10)15/h1-5H,16H2. The van der Waals surface area contributed by atoms with Gasteiger partial charge in [0.25, 0.3) is 0 Å². The predicted octanol–water partition coefficient (Wildman–Crippen LogP) is 4.01. The molecule has 8 heteroatoms. The fourth-order valence-electron chi connectivity index (χ4n) is 1.52. The average molecular weight is 345 g/mol. The first-order valence-corrected chi connectivity index (χ1v) is 6.04. The Morgan fingerprint density at radius 2 is 1.95 bits per heavy atom. The second kappa shape index (κ2) is 5.41. The second-order valence-electron chi connectivity index (χ2n) is 3.75. The van der Waals surface area contributed by atoms with Crippen LogP contribution in [0, 0.1) is 21.7 Å². The first kappa shape index (κ1) is 14.2. The Balaban J connectivity index is 2.53. The highest BCUT2D eigenvalue weighted by atomic mass is 79.9. The van der Waals surface area contributed by atoms with Crippen molar-refractivity contribution in [2.24, 2.45) is 0 Å². The summed E-state index contributed by atoms with van der Waals surface area (Å²) in [5, 5.41) is 11.0. The lowest BCUT2D eigenvalue weighted by molar-refractivity contribution is -0.384. The number of nitrogen functional groups attached to an aromatic ring is 1. The van der Waals surface area contributed by atoms with E-state index in [1.807, 2.05) is 0 Å². The van der Waals surface area contributed by atoms with Crippen LogP contribution < -0.4 is 10.5 Å². The molecule has 0 fully saturated rings. The fraction of sp³-hybridized carbons (Fsp3) is 0. The van der Waals surface area contributed by atoms with Crippen molar-refractivity contribution in [1.82, 2.24) is 0 Å². The van der Waals surface area contributed by atoms with Crippen LogP contribution in [0.25, 0.3) is 0 Å². The molecule has 2 aromatic carbocycles. The molecule has 5 nitrogen and oxygen atoms in total. The molecule has 2 rings (SSSR count). The Labute approximate surface area is 120 Å². The van der Waals surface area contributed by atoms with E-state index in [9.17, 15) is 18.9 Å². The third kappa shape index (κ3) is 2.69. The molecule has 0 atom stereocenters. The van der Waals surface area contributed by atoms with Gasteiger partial charge in [0, 0.05) is 6.07 Å². The van der Waals surface area contributed by atoms with E-state index in [1.165, 1.54) is 12.1 Å². The van der Waals surface area contributed by atoms with Crippen LogP contribution >= 0.6 is 15.9 Å². The normalized spacial score (nSPS) is 10.3. The van der Waals surface area contributed by atoms with E-state index in [4.69, 9.17) is 10.5 Å². The zero-order valence-electron chi connectivity index (χ0n) is 9.77. The van der Waals surface area contributed by atoms with Crippen molar-refractivity contribution >= 4 is 27.3 Å². The van der Waals surface area contributed by atoms with Gasteiger partial charge in [-0.25, -0.2) is 8.78 Å². The van der Waals surface area contributed by atoms with E-state index in [0.29, 0.717) is 6.07 Å². The van der Waals surface area contributed by atoms with Crippen molar-refractivity contribution in [2.45, 2.75) is 0 Å². The number of hydrogen-bond acceptors (Lipinski definition) is 4. The van der Waals surface area contributed by atoms with E-state index >= 15 is 0 Å². The van der Waals surface area contributed by atoms with Crippen molar-refractivity contribution in [3.8, 4) is 11.5 Å². The van der Waals surface area contributed by atoms with Crippen LogP contribution in [-0.4, -0.2) is 4.92 Å². The van der Waals surface area contributed by atoms with E-state index in [-0.39, 0.29) is 21.7 Å². The van der Waals surface area contributed by atoms with Crippen LogP contribution in [0.5, 0.6) is 11.5 Å². The minimum absolute atomic E-state index is 0.129. The summed E-state index contributed by atoms with van der Waals surface area (Å²) in [6, 6.07) is 5.37. The third-order valence-corrected chi connectivity index (χ3v) is 3.03. The van der Waals surface area contributed by atoms with Crippen LogP contribution in [0.4, 0.5) is 20.2 Å². The summed E-state index contributed by atoms with van der Waals surface area (Å²) in [7, 11) is 0. The van der Waals surface area contributed by atoms with Gasteiger partial charge < -0.3 is 10.5 Å². The number of nitrogens with two attached hydrogens (primary N) is 1. The molecule has 0 bridgehead atoms. The number of rotatable bonds is 3. The lowest BCUT2D eigenvalue weighted by Gasteiger charge is -2.10. The first-order chi connectivity index (χ1) is 9.40. The average Bonchev–Trinajstić information content (AvgIpc) is 2.36. The minimum atomic E-state index is -0.978. The molecule has 0 amide bonds. The Morgan fingerprint density at radius 1 is 1.25 bits per heavy atom. The number of hydrogen-bond donors (Lipinski definition) is 1. The highest BCUT2D eigenvalue weighted by molar-refractivity contribution is 9.10. The lowest BCUT2D eigenvalue weighted by Crippen LogP contribution is -2.00. The first-order valence-electron chi connectivity index (χ1n) is 5.25. The maximum atomic E-state index is 13.5. The van der Waals surface area contributed by atoms with Gasteiger partial charge in [-0.1, -0.05) is 0 Å². The van der Waals surface area contributed by atoms with Crippen molar-refractivity contribution in [3.63, 3.8) is 0 Å². The molecule has 0 unspecified atom stereocenters. The van der Waals surface area contributed by atoms with Gasteiger partial charge in [-0.05, 0) is 40.2 Å². The van der Waals surface area contributed by atoms with Gasteiger partial charge >= 0.3 is 5.69 Å². The quantitative estimate of drug-likeness (QED) is 0.518. The van der Waals surface area contributed by atoms with E-state index < -0.39 is 22.2 Å². The molecule has 0 heterocycles. The highest BCUT2D eigenvalue weighted by Crippen LogP contribution is 2.42. The van der Waals surface area contributed by atoms with Crippen LogP contribution in [0.3, 0.4) is 0 Å². The molecular formula is C12H7BrF2N2O3. The topological polar surface area (TPSA) is 78.4 Å². The smallest absolute Gasteiger partial charge is 0.335 e. The third-order valence-electron chi connectivity index (χ3n) is 2.40. The van der Waals surface area contributed by atoms with Crippen molar-refractivity contribution in [2.75, 3.05) is 5.73 Å². The number of ether oxygens (including phenoxy) is 1. The van der Waals surface area contributed by atoms with Crippen LogP contribution in [0.2, 0.25) is 0 Å². The van der Waals surface area contributed by atoms with Gasteiger partial charge in [-0.15, -0.1) is 0 Å². The maximum absolute atomic E-state index is 13.5. The molecule has 0 aliphatic heterocycles. The summed E-state index contributed by atoms with van der Waals surface area (Å²) in [6.45, 7) is 0. The predicted molar refractivity (Wildman–Crippen MR) is 71.6 cm³/mol. The zero-order chi connectivity index (χ0) is 14.9. The highest BCUT2D eigenvalue weighted by Gasteiger charge is 2.24. The van der Waals surface area contributed by atoms with Gasteiger partial charge in [0.05, 0.1) is 9.40 Å². The van der Waals surface area contributed by atoms with E-state index in [0.717, 1.165) is 12.1 Å². The van der Waals surface area contributed by atoms with Gasteiger partial charge in [0.1, 0.15) is 11.5 Å². The van der Waals surface area contributed by atoms with E-state index in [2.05, 4.69) is 15.9 Å². The van der Waals surface area contributed by atoms with Gasteiger partial charge in [0.15, 0.2) is 11.6 Å². The molecule has 2 aromatic rings. The van der Waals surface area contributed by atoms with Gasteiger partial charge in [-0.3, -0.25) is 10.1 Å². The monoisotopic (exact) mass is 344 g/mol. The SMILES string of the molecule is Nc1ccc(Br)c(Oc2ccc(F)cc2F)c1[N+](=O)[O-]. The second-order valence-corrected chi connectivity index (χ2v) is 4.60. The number of nitro groups is 1. The Hall–Kier alpha value is -2.22. The summed E-state index contributed by atoms with van der Waals surface area (Å²) < 4.78 is 31.7. The molecule has 2 N–H and O–H groups in total. The van der Waals surface area contributed by atoms with Crippen molar-refractivity contribution in [3.05, 3.63) is 56.6 Å². The largest absolute Gasteiger partial charge is 0.446 e. The summed E-state index contributed by atoms with van der Waals surface area (Å²) in [4.78, 5) is 10.3. The molecule has 0 spiro atoms. The number of anilines is 1. The zero-order valence-corrected chi connectivity index (χ0v) is 11.4. The number of nitro benzene ring substituents is 1. The molecule has 104 valence electrons. The fourth-order valence-corrected chi connectivity index (χ4v) is 1.92. The molecular weight excluding hydrogens is 338 g/mol. The number of nitrogens with zero attached hydrogens (tertiary/aromatic N) is 1. The van der Waals surface area contributed by atoms with Gasteiger partial charge in [-0.2, -0.15) is 0 Å². The molecule has 0 saturated carbocycles. The summed E-state index contributed by atoms with van der Waals surface area (Å²) in [5.74, 6) is -2.36. The number of halogens is 3. The van der Waals surface area contributed by atoms with Crippen molar-refractivity contribution < 1.29 is 18.4 Å². The molecule has 20 heavy (non-hydrogen) atoms. The number of benzene rings is 2. The van der Waals surface area contributed by atoms with Gasteiger partial charge in [0.2, 0.25) is 5.75 Å². The molecule has 0 radical (unpaired) electrons. The Kier molecular flexibility index (Phi) is 3.84. The molecule has 0 aromatic heterocycles. The lowest BCUT2D eigenvalue weighted by atomic mass is 10.2. The summed E-state index contributed by atoms with van der Waals surface area (Å²) in [5.41, 5.74) is 4.88. The van der Waals surface area contributed by atoms with E-state index in [1.54, 1.807) is 0 Å². The minimum Gasteiger partial charge on any atom is -0.446 e. The molecule has 0 aliphatic rings.